The minimum Gasteiger partial charge on any atom is -0.320 e. The number of aromatic amines is 1. The third-order valence-corrected chi connectivity index (χ3v) is 3.27. The average Bonchev–Trinajstić information content (AvgIpc) is 2.71. The zero-order valence-electron chi connectivity index (χ0n) is 9.54. The molecule has 0 aliphatic carbocycles. The molecular formula is C12H12BrN3O. The quantitative estimate of drug-likeness (QED) is 0.894. The van der Waals surface area contributed by atoms with Crippen molar-refractivity contribution in [3.8, 4) is 0 Å². The van der Waals surface area contributed by atoms with Crippen LogP contribution < -0.4 is 5.32 Å². The van der Waals surface area contributed by atoms with E-state index in [4.69, 9.17) is 0 Å². The second-order valence-corrected chi connectivity index (χ2v) is 4.65. The van der Waals surface area contributed by atoms with Gasteiger partial charge in [0.25, 0.3) is 5.91 Å². The number of aromatic nitrogens is 2. The number of aryl methyl sites for hydroxylation is 1. The average molecular weight is 294 g/mol. The fourth-order valence-electron chi connectivity index (χ4n) is 1.50. The van der Waals surface area contributed by atoms with Crippen molar-refractivity contribution in [3.05, 3.63) is 45.7 Å². The van der Waals surface area contributed by atoms with Crippen molar-refractivity contribution in [3.63, 3.8) is 0 Å². The maximum Gasteiger partial charge on any atom is 0.274 e. The van der Waals surface area contributed by atoms with Crippen molar-refractivity contribution in [1.82, 2.24) is 10.2 Å². The van der Waals surface area contributed by atoms with E-state index < -0.39 is 0 Å². The summed E-state index contributed by atoms with van der Waals surface area (Å²) >= 11 is 3.26. The maximum atomic E-state index is 11.9. The van der Waals surface area contributed by atoms with Crippen molar-refractivity contribution in [2.75, 3.05) is 5.32 Å². The predicted octanol–water partition coefficient (Wildman–Crippen LogP) is 3.04. The lowest BCUT2D eigenvalue weighted by molar-refractivity contribution is 0.102. The van der Waals surface area contributed by atoms with Crippen LogP contribution in [0.3, 0.4) is 0 Å². The predicted molar refractivity (Wildman–Crippen MR) is 70.2 cm³/mol. The van der Waals surface area contributed by atoms with Gasteiger partial charge in [0.15, 0.2) is 0 Å². The fourth-order valence-corrected chi connectivity index (χ4v) is 1.87. The Morgan fingerprint density at radius 1 is 1.41 bits per heavy atom. The topological polar surface area (TPSA) is 57.8 Å². The van der Waals surface area contributed by atoms with E-state index >= 15 is 0 Å². The monoisotopic (exact) mass is 293 g/mol. The summed E-state index contributed by atoms with van der Waals surface area (Å²) in [5.74, 6) is -0.205. The lowest BCUT2D eigenvalue weighted by Crippen LogP contribution is -2.14. The van der Waals surface area contributed by atoms with Crippen molar-refractivity contribution < 1.29 is 4.79 Å². The Bertz CT molecular complexity index is 563. The van der Waals surface area contributed by atoms with E-state index in [1.165, 1.54) is 0 Å². The molecule has 2 N–H and O–H groups in total. The molecule has 4 nitrogen and oxygen atoms in total. The van der Waals surface area contributed by atoms with Crippen LogP contribution in [0, 0.1) is 13.8 Å². The largest absolute Gasteiger partial charge is 0.320 e. The van der Waals surface area contributed by atoms with Crippen LogP contribution in [0.4, 0.5) is 5.69 Å². The molecule has 0 aliphatic heterocycles. The second kappa shape index (κ2) is 4.71. The molecule has 0 aliphatic rings. The number of H-pyrrole nitrogens is 1. The highest BCUT2D eigenvalue weighted by Gasteiger charge is 2.13. The molecule has 5 heteroatoms. The minimum atomic E-state index is -0.205. The standard InChI is InChI=1S/C12H12BrN3O/c1-7-4-3-5-10(8(7)2)15-12(17)11-9(13)6-14-16-11/h3-6H,1-2H3,(H,14,16)(H,15,17). The van der Waals surface area contributed by atoms with Crippen molar-refractivity contribution >= 4 is 27.5 Å². The van der Waals surface area contributed by atoms with Crippen LogP contribution in [0.1, 0.15) is 21.6 Å². The number of carbonyl (C=O) groups is 1. The van der Waals surface area contributed by atoms with E-state index in [1.807, 2.05) is 32.0 Å². The van der Waals surface area contributed by atoms with Crippen LogP contribution in [-0.2, 0) is 0 Å². The van der Waals surface area contributed by atoms with Crippen molar-refractivity contribution in [2.24, 2.45) is 0 Å². The summed E-state index contributed by atoms with van der Waals surface area (Å²) in [5, 5.41) is 9.30. The highest BCUT2D eigenvalue weighted by atomic mass is 79.9. The lowest BCUT2D eigenvalue weighted by Gasteiger charge is -2.09. The number of hydrogen-bond acceptors (Lipinski definition) is 2. The van der Waals surface area contributed by atoms with E-state index in [1.54, 1.807) is 6.20 Å². The Hall–Kier alpha value is -1.62. The molecule has 0 radical (unpaired) electrons. The van der Waals surface area contributed by atoms with Gasteiger partial charge in [0.1, 0.15) is 5.69 Å². The first kappa shape index (κ1) is 11.9. The molecule has 88 valence electrons. The van der Waals surface area contributed by atoms with Gasteiger partial charge >= 0.3 is 0 Å². The van der Waals surface area contributed by atoms with Crippen LogP contribution in [-0.4, -0.2) is 16.1 Å². The summed E-state index contributed by atoms with van der Waals surface area (Å²) in [7, 11) is 0. The number of amides is 1. The van der Waals surface area contributed by atoms with Gasteiger partial charge < -0.3 is 5.32 Å². The van der Waals surface area contributed by atoms with E-state index in [0.717, 1.165) is 16.8 Å². The molecule has 1 amide bonds. The first-order valence-corrected chi connectivity index (χ1v) is 5.95. The first-order valence-electron chi connectivity index (χ1n) is 5.16. The SMILES string of the molecule is Cc1cccc(NC(=O)c2[nH]ncc2Br)c1C. The van der Waals surface area contributed by atoms with Gasteiger partial charge in [-0.1, -0.05) is 12.1 Å². The van der Waals surface area contributed by atoms with Gasteiger partial charge in [0.05, 0.1) is 10.7 Å². The number of carbonyl (C=O) groups excluding carboxylic acids is 1. The lowest BCUT2D eigenvalue weighted by atomic mass is 10.1. The van der Waals surface area contributed by atoms with Gasteiger partial charge in [-0.05, 0) is 47.0 Å². The highest BCUT2D eigenvalue weighted by molar-refractivity contribution is 9.10. The molecule has 1 aromatic carbocycles. The van der Waals surface area contributed by atoms with Crippen LogP contribution in [0.25, 0.3) is 0 Å². The number of hydrogen-bond donors (Lipinski definition) is 2. The summed E-state index contributed by atoms with van der Waals surface area (Å²) in [4.78, 5) is 11.9. The van der Waals surface area contributed by atoms with E-state index in [0.29, 0.717) is 10.2 Å². The van der Waals surface area contributed by atoms with Crippen LogP contribution in [0.5, 0.6) is 0 Å². The van der Waals surface area contributed by atoms with Gasteiger partial charge in [-0.25, -0.2) is 0 Å². The number of benzene rings is 1. The van der Waals surface area contributed by atoms with E-state index in [9.17, 15) is 4.79 Å². The smallest absolute Gasteiger partial charge is 0.274 e. The molecule has 0 bridgehead atoms. The van der Waals surface area contributed by atoms with Gasteiger partial charge in [0.2, 0.25) is 0 Å². The third-order valence-electron chi connectivity index (χ3n) is 2.67. The molecule has 0 saturated heterocycles. The molecule has 0 unspecified atom stereocenters. The zero-order valence-corrected chi connectivity index (χ0v) is 11.1. The number of nitrogens with one attached hydrogen (secondary N) is 2. The van der Waals surface area contributed by atoms with Crippen LogP contribution >= 0.6 is 15.9 Å². The Kier molecular flexibility index (Phi) is 3.28. The van der Waals surface area contributed by atoms with Crippen molar-refractivity contribution in [2.45, 2.75) is 13.8 Å². The molecule has 0 fully saturated rings. The van der Waals surface area contributed by atoms with Gasteiger partial charge in [-0.3, -0.25) is 9.89 Å². The molecule has 17 heavy (non-hydrogen) atoms. The molecule has 0 atom stereocenters. The first-order chi connectivity index (χ1) is 8.09. The van der Waals surface area contributed by atoms with Crippen molar-refractivity contribution in [1.29, 1.82) is 0 Å². The number of anilines is 1. The summed E-state index contributed by atoms with van der Waals surface area (Å²) < 4.78 is 0.653. The summed E-state index contributed by atoms with van der Waals surface area (Å²) in [6, 6.07) is 5.81. The Morgan fingerprint density at radius 3 is 2.82 bits per heavy atom. The molecule has 0 spiro atoms. The number of rotatable bonds is 2. The molecule has 2 rings (SSSR count). The Morgan fingerprint density at radius 2 is 2.18 bits per heavy atom. The molecule has 0 saturated carbocycles. The van der Waals surface area contributed by atoms with Crippen LogP contribution in [0.15, 0.2) is 28.9 Å². The summed E-state index contributed by atoms with van der Waals surface area (Å²) in [5.41, 5.74) is 3.45. The zero-order chi connectivity index (χ0) is 12.4. The van der Waals surface area contributed by atoms with E-state index in [-0.39, 0.29) is 5.91 Å². The Balaban J connectivity index is 2.25. The fraction of sp³-hybridized carbons (Fsp3) is 0.167. The Labute approximate surface area is 108 Å². The van der Waals surface area contributed by atoms with Gasteiger partial charge in [-0.15, -0.1) is 0 Å². The van der Waals surface area contributed by atoms with Gasteiger partial charge in [-0.2, -0.15) is 5.10 Å². The highest BCUT2D eigenvalue weighted by Crippen LogP contribution is 2.20. The summed E-state index contributed by atoms with van der Waals surface area (Å²) in [6.07, 6.45) is 1.55. The number of halogens is 1. The molecular weight excluding hydrogens is 282 g/mol. The maximum absolute atomic E-state index is 11.9. The van der Waals surface area contributed by atoms with E-state index in [2.05, 4.69) is 31.4 Å². The molecule has 1 heterocycles. The molecule has 2 aromatic rings. The second-order valence-electron chi connectivity index (χ2n) is 3.79. The minimum absolute atomic E-state index is 0.205. The summed E-state index contributed by atoms with van der Waals surface area (Å²) in [6.45, 7) is 3.99. The third kappa shape index (κ3) is 2.39. The van der Waals surface area contributed by atoms with Crippen LogP contribution in [0.2, 0.25) is 0 Å². The molecule has 1 aromatic heterocycles. The van der Waals surface area contributed by atoms with Gasteiger partial charge in [0, 0.05) is 5.69 Å². The number of nitrogens with zero attached hydrogens (tertiary/aromatic N) is 1. The normalized spacial score (nSPS) is 10.3.